The number of nitro groups is 1. The van der Waals surface area contributed by atoms with E-state index in [1.165, 1.54) is 24.3 Å². The first-order valence-electron chi connectivity index (χ1n) is 4.46. The third kappa shape index (κ3) is 6.94. The number of nitrogens with zero attached hydrogens (tertiary/aromatic N) is 1. The summed E-state index contributed by atoms with van der Waals surface area (Å²) in [4.78, 5) is 20.1. The second-order valence-corrected chi connectivity index (χ2v) is 4.81. The lowest BCUT2D eigenvalue weighted by Gasteiger charge is -1.94. The molecule has 0 radical (unpaired) electrons. The van der Waals surface area contributed by atoms with Crippen LogP contribution >= 0.6 is 15.9 Å². The first-order valence-corrected chi connectivity index (χ1v) is 5.37. The van der Waals surface area contributed by atoms with Gasteiger partial charge in [-0.2, -0.15) is 0 Å². The first-order chi connectivity index (χ1) is 7.47. The van der Waals surface area contributed by atoms with Gasteiger partial charge in [-0.15, -0.1) is 0 Å². The topological polar surface area (TPSA) is 69.4 Å². The SMILES string of the molecule is CC(C)Br.O=COc1ccc([N+](=O)[O-])cc1. The highest BCUT2D eigenvalue weighted by atomic mass is 79.9. The molecule has 5 nitrogen and oxygen atoms in total. The number of hydrogen-bond acceptors (Lipinski definition) is 4. The average molecular weight is 290 g/mol. The van der Waals surface area contributed by atoms with E-state index in [2.05, 4.69) is 34.5 Å². The van der Waals surface area contributed by atoms with Crippen LogP contribution in [0.5, 0.6) is 5.75 Å². The fourth-order valence-corrected chi connectivity index (χ4v) is 0.702. The van der Waals surface area contributed by atoms with Crippen molar-refractivity contribution in [3.63, 3.8) is 0 Å². The van der Waals surface area contributed by atoms with Crippen LogP contribution in [0.4, 0.5) is 5.69 Å². The number of hydrogen-bond donors (Lipinski definition) is 0. The van der Waals surface area contributed by atoms with E-state index >= 15 is 0 Å². The summed E-state index contributed by atoms with van der Waals surface area (Å²) in [5.74, 6) is 0.288. The minimum Gasteiger partial charge on any atom is -0.429 e. The molecule has 0 fully saturated rings. The molecule has 0 atom stereocenters. The minimum atomic E-state index is -0.523. The molecule has 0 spiro atoms. The third-order valence-corrected chi connectivity index (χ3v) is 1.23. The van der Waals surface area contributed by atoms with Gasteiger partial charge in [-0.3, -0.25) is 14.9 Å². The Morgan fingerprint density at radius 1 is 1.38 bits per heavy atom. The molecule has 0 saturated heterocycles. The lowest BCUT2D eigenvalue weighted by atomic mass is 10.3. The van der Waals surface area contributed by atoms with E-state index in [9.17, 15) is 14.9 Å². The molecule has 0 heterocycles. The summed E-state index contributed by atoms with van der Waals surface area (Å²) < 4.78 is 4.44. The largest absolute Gasteiger partial charge is 0.429 e. The van der Waals surface area contributed by atoms with Gasteiger partial charge in [-0.05, 0) is 12.1 Å². The fourth-order valence-electron chi connectivity index (χ4n) is 0.702. The number of carbonyl (C=O) groups is 1. The highest BCUT2D eigenvalue weighted by molar-refractivity contribution is 9.09. The van der Waals surface area contributed by atoms with Crippen LogP contribution in [0, 0.1) is 10.1 Å². The van der Waals surface area contributed by atoms with Gasteiger partial charge in [0.15, 0.2) is 0 Å². The Bertz CT molecular complexity index is 334. The number of halogens is 1. The normalized spacial score (nSPS) is 9.00. The van der Waals surface area contributed by atoms with Crippen LogP contribution in [-0.4, -0.2) is 16.2 Å². The van der Waals surface area contributed by atoms with Crippen molar-refractivity contribution in [2.45, 2.75) is 18.7 Å². The lowest BCUT2D eigenvalue weighted by Crippen LogP contribution is -1.90. The highest BCUT2D eigenvalue weighted by Crippen LogP contribution is 2.16. The molecule has 0 aliphatic rings. The van der Waals surface area contributed by atoms with Crippen molar-refractivity contribution in [3.8, 4) is 5.75 Å². The fraction of sp³-hybridized carbons (Fsp3) is 0.300. The molecule has 0 aromatic heterocycles. The third-order valence-electron chi connectivity index (χ3n) is 1.23. The van der Waals surface area contributed by atoms with E-state index in [0.29, 0.717) is 4.83 Å². The Hall–Kier alpha value is -1.43. The summed E-state index contributed by atoms with van der Waals surface area (Å²) in [6, 6.07) is 5.23. The van der Waals surface area contributed by atoms with Crippen LogP contribution in [0.15, 0.2) is 24.3 Å². The minimum absolute atomic E-state index is 0.0340. The summed E-state index contributed by atoms with van der Waals surface area (Å²) >= 11 is 3.27. The molecule has 0 unspecified atom stereocenters. The average Bonchev–Trinajstić information content (AvgIpc) is 2.18. The van der Waals surface area contributed by atoms with Crippen molar-refractivity contribution in [1.82, 2.24) is 0 Å². The number of benzene rings is 1. The molecule has 0 N–H and O–H groups in total. The molecule has 88 valence electrons. The maximum atomic E-state index is 10.2. The zero-order valence-electron chi connectivity index (χ0n) is 8.92. The summed E-state index contributed by atoms with van der Waals surface area (Å²) in [6.07, 6.45) is 0. The molecular weight excluding hydrogens is 278 g/mol. The molecule has 0 saturated carbocycles. The molecule has 0 aliphatic carbocycles. The summed E-state index contributed by atoms with van der Waals surface area (Å²) in [5.41, 5.74) is -0.0340. The number of rotatable bonds is 3. The Morgan fingerprint density at radius 2 is 1.81 bits per heavy atom. The lowest BCUT2D eigenvalue weighted by molar-refractivity contribution is -0.384. The van der Waals surface area contributed by atoms with E-state index in [4.69, 9.17) is 0 Å². The van der Waals surface area contributed by atoms with E-state index in [1.807, 2.05) is 0 Å². The number of alkyl halides is 1. The summed E-state index contributed by atoms with van der Waals surface area (Å²) in [6.45, 7) is 4.43. The van der Waals surface area contributed by atoms with Crippen LogP contribution in [-0.2, 0) is 4.79 Å². The van der Waals surface area contributed by atoms with E-state index in [0.717, 1.165) is 0 Å². The monoisotopic (exact) mass is 289 g/mol. The second-order valence-electron chi connectivity index (χ2n) is 2.98. The van der Waals surface area contributed by atoms with Gasteiger partial charge in [0.05, 0.1) is 4.92 Å². The van der Waals surface area contributed by atoms with Crippen LogP contribution in [0.3, 0.4) is 0 Å². The van der Waals surface area contributed by atoms with E-state index < -0.39 is 4.92 Å². The van der Waals surface area contributed by atoms with Gasteiger partial charge in [-0.25, -0.2) is 0 Å². The number of nitro benzene ring substituents is 1. The Balaban J connectivity index is 0.000000487. The highest BCUT2D eigenvalue weighted by Gasteiger charge is 2.03. The van der Waals surface area contributed by atoms with Crippen molar-refractivity contribution in [2.75, 3.05) is 0 Å². The maximum absolute atomic E-state index is 10.2. The van der Waals surface area contributed by atoms with Gasteiger partial charge in [0.1, 0.15) is 5.75 Å². The zero-order chi connectivity index (χ0) is 12.6. The summed E-state index contributed by atoms with van der Waals surface area (Å²) in [7, 11) is 0. The molecule has 0 bridgehead atoms. The van der Waals surface area contributed by atoms with Gasteiger partial charge in [-0.1, -0.05) is 29.8 Å². The molecule has 1 aromatic rings. The molecule has 1 aromatic carbocycles. The molecule has 1 rings (SSSR count). The Kier molecular flexibility index (Phi) is 7.11. The van der Waals surface area contributed by atoms with Gasteiger partial charge < -0.3 is 4.74 Å². The predicted molar refractivity (Wildman–Crippen MR) is 63.9 cm³/mol. The Morgan fingerprint density at radius 3 is 2.12 bits per heavy atom. The number of non-ortho nitro benzene ring substituents is 1. The molecular formula is C10H12BrNO4. The van der Waals surface area contributed by atoms with Crippen molar-refractivity contribution >= 4 is 28.1 Å². The standard InChI is InChI=1S/C7H5NO4.C3H7Br/c9-5-12-7-3-1-6(2-4-7)8(10)11;1-3(2)4/h1-5H;3H,1-2H3. The second kappa shape index (κ2) is 7.81. The van der Waals surface area contributed by atoms with Crippen molar-refractivity contribution in [3.05, 3.63) is 34.4 Å². The van der Waals surface area contributed by atoms with Crippen molar-refractivity contribution < 1.29 is 14.5 Å². The smallest absolute Gasteiger partial charge is 0.298 e. The van der Waals surface area contributed by atoms with Gasteiger partial charge in [0.25, 0.3) is 12.2 Å². The van der Waals surface area contributed by atoms with Crippen LogP contribution in [0.1, 0.15) is 13.8 Å². The van der Waals surface area contributed by atoms with Crippen LogP contribution in [0.25, 0.3) is 0 Å². The van der Waals surface area contributed by atoms with Crippen molar-refractivity contribution in [2.24, 2.45) is 0 Å². The maximum Gasteiger partial charge on any atom is 0.298 e. The van der Waals surface area contributed by atoms with Gasteiger partial charge in [0, 0.05) is 17.0 Å². The predicted octanol–water partition coefficient (Wildman–Crippen LogP) is 2.92. The van der Waals surface area contributed by atoms with E-state index in [-0.39, 0.29) is 17.9 Å². The molecule has 0 aliphatic heterocycles. The van der Waals surface area contributed by atoms with Gasteiger partial charge in [0.2, 0.25) is 0 Å². The first kappa shape index (κ1) is 14.6. The van der Waals surface area contributed by atoms with Crippen LogP contribution in [0.2, 0.25) is 0 Å². The number of carbonyl (C=O) groups excluding carboxylic acids is 1. The molecule has 6 heteroatoms. The number of ether oxygens (including phenoxy) is 1. The van der Waals surface area contributed by atoms with E-state index in [1.54, 1.807) is 0 Å². The molecule has 16 heavy (non-hydrogen) atoms. The van der Waals surface area contributed by atoms with Crippen LogP contribution < -0.4 is 4.74 Å². The Labute approximate surface area is 102 Å². The zero-order valence-corrected chi connectivity index (χ0v) is 10.5. The van der Waals surface area contributed by atoms with Gasteiger partial charge >= 0.3 is 0 Å². The molecule has 0 amide bonds. The van der Waals surface area contributed by atoms with Crippen molar-refractivity contribution in [1.29, 1.82) is 0 Å². The summed E-state index contributed by atoms with van der Waals surface area (Å²) in [5, 5.41) is 10.2. The quantitative estimate of drug-likeness (QED) is 0.371.